The second-order valence-electron chi connectivity index (χ2n) is 6.92. The van der Waals surface area contributed by atoms with Gasteiger partial charge in [-0.05, 0) is 55.2 Å². The van der Waals surface area contributed by atoms with E-state index < -0.39 is 5.97 Å². The molecule has 4 nitrogen and oxygen atoms in total. The van der Waals surface area contributed by atoms with Gasteiger partial charge < -0.3 is 10.0 Å². The Labute approximate surface area is 145 Å². The summed E-state index contributed by atoms with van der Waals surface area (Å²) in [4.78, 5) is 25.4. The second-order valence-corrected chi connectivity index (χ2v) is 7.78. The van der Waals surface area contributed by atoms with E-state index in [9.17, 15) is 9.59 Å². The first-order valence-electron chi connectivity index (χ1n) is 8.17. The number of carbonyl (C=O) groups is 2. The van der Waals surface area contributed by atoms with Gasteiger partial charge in [-0.1, -0.05) is 28.1 Å². The molecule has 5 heteroatoms. The van der Waals surface area contributed by atoms with Crippen LogP contribution in [-0.2, 0) is 16.0 Å². The number of nitrogens with zero attached hydrogens (tertiary/aromatic N) is 1. The minimum Gasteiger partial charge on any atom is -0.481 e. The summed E-state index contributed by atoms with van der Waals surface area (Å²) >= 11 is 3.49. The molecule has 1 heterocycles. The summed E-state index contributed by atoms with van der Waals surface area (Å²) in [5.74, 6) is -0.658. The third-order valence-electron chi connectivity index (χ3n) is 5.45. The highest BCUT2D eigenvalue weighted by Gasteiger charge is 2.59. The number of amides is 1. The molecule has 1 unspecified atom stereocenters. The number of aryl methyl sites for hydroxylation is 2. The molecule has 1 saturated carbocycles. The van der Waals surface area contributed by atoms with Gasteiger partial charge in [0, 0.05) is 24.0 Å². The molecule has 1 aliphatic heterocycles. The van der Waals surface area contributed by atoms with Gasteiger partial charge in [0.05, 0.1) is 5.92 Å². The molecule has 1 amide bonds. The van der Waals surface area contributed by atoms with Gasteiger partial charge in [0.25, 0.3) is 0 Å². The van der Waals surface area contributed by atoms with E-state index in [-0.39, 0.29) is 17.2 Å². The largest absolute Gasteiger partial charge is 0.481 e. The van der Waals surface area contributed by atoms with Crippen molar-refractivity contribution in [2.45, 2.75) is 39.0 Å². The summed E-state index contributed by atoms with van der Waals surface area (Å²) < 4.78 is 1.09. The molecule has 0 aromatic heterocycles. The van der Waals surface area contributed by atoms with Gasteiger partial charge in [-0.25, -0.2) is 0 Å². The minimum atomic E-state index is -0.671. The molecule has 1 saturated heterocycles. The van der Waals surface area contributed by atoms with E-state index in [4.69, 9.17) is 5.11 Å². The number of piperidine rings is 1. The van der Waals surface area contributed by atoms with Gasteiger partial charge in [-0.15, -0.1) is 0 Å². The Bertz CT molecular complexity index is 635. The number of halogens is 1. The zero-order valence-corrected chi connectivity index (χ0v) is 14.9. The van der Waals surface area contributed by atoms with Gasteiger partial charge in [0.2, 0.25) is 5.91 Å². The molecular formula is C18H22BrNO3. The normalized spacial score (nSPS) is 22.2. The fourth-order valence-corrected chi connectivity index (χ4v) is 3.97. The lowest BCUT2D eigenvalue weighted by Gasteiger charge is -2.32. The molecule has 3 rings (SSSR count). The quantitative estimate of drug-likeness (QED) is 0.871. The summed E-state index contributed by atoms with van der Waals surface area (Å²) in [7, 11) is 0. The first kappa shape index (κ1) is 16.5. The highest BCUT2D eigenvalue weighted by Crippen LogP contribution is 2.59. The van der Waals surface area contributed by atoms with Gasteiger partial charge in [0.15, 0.2) is 0 Å². The Kier molecular flexibility index (Phi) is 4.50. The maximum absolute atomic E-state index is 12.4. The van der Waals surface area contributed by atoms with E-state index in [1.807, 2.05) is 17.9 Å². The summed E-state index contributed by atoms with van der Waals surface area (Å²) in [6, 6.07) is 6.19. The lowest BCUT2D eigenvalue weighted by atomic mass is 9.90. The Hall–Kier alpha value is -1.36. The highest BCUT2D eigenvalue weighted by molar-refractivity contribution is 9.10. The van der Waals surface area contributed by atoms with Crippen LogP contribution in [0, 0.1) is 18.3 Å². The lowest BCUT2D eigenvalue weighted by Crippen LogP contribution is -2.40. The molecule has 23 heavy (non-hydrogen) atoms. The summed E-state index contributed by atoms with van der Waals surface area (Å²) in [5, 5.41) is 9.11. The van der Waals surface area contributed by atoms with Crippen molar-refractivity contribution in [3.05, 3.63) is 33.8 Å². The Morgan fingerprint density at radius 1 is 1.35 bits per heavy atom. The highest BCUT2D eigenvalue weighted by atomic mass is 79.9. The van der Waals surface area contributed by atoms with Crippen LogP contribution in [0.2, 0.25) is 0 Å². The molecule has 1 N–H and O–H groups in total. The van der Waals surface area contributed by atoms with Crippen molar-refractivity contribution in [2.24, 2.45) is 11.3 Å². The number of likely N-dealkylation sites (tertiary alicyclic amines) is 1. The zero-order valence-electron chi connectivity index (χ0n) is 13.3. The number of hydrogen-bond acceptors (Lipinski definition) is 2. The van der Waals surface area contributed by atoms with E-state index in [0.717, 1.165) is 30.2 Å². The van der Waals surface area contributed by atoms with Crippen molar-refractivity contribution in [3.8, 4) is 0 Å². The second kappa shape index (κ2) is 6.27. The zero-order chi connectivity index (χ0) is 16.6. The Balaban J connectivity index is 1.48. The third-order valence-corrected chi connectivity index (χ3v) is 6.34. The fourth-order valence-electron chi connectivity index (χ4n) is 3.72. The minimum absolute atomic E-state index is 0.00850. The third kappa shape index (κ3) is 3.44. The summed E-state index contributed by atoms with van der Waals surface area (Å²) in [6.07, 6.45) is 3.76. The number of carboxylic acid groups (broad SMARTS) is 1. The van der Waals surface area contributed by atoms with Crippen LogP contribution >= 0.6 is 15.9 Å². The van der Waals surface area contributed by atoms with Gasteiger partial charge in [0.1, 0.15) is 0 Å². The molecule has 0 bridgehead atoms. The van der Waals surface area contributed by atoms with E-state index in [1.165, 1.54) is 11.1 Å². The number of carboxylic acids is 1. The van der Waals surface area contributed by atoms with Gasteiger partial charge in [-0.3, -0.25) is 9.59 Å². The molecule has 2 aliphatic rings. The fraction of sp³-hybridized carbons (Fsp3) is 0.556. The summed E-state index contributed by atoms with van der Waals surface area (Å²) in [6.45, 7) is 3.47. The lowest BCUT2D eigenvalue weighted by molar-refractivity contribution is -0.139. The van der Waals surface area contributed by atoms with Crippen molar-refractivity contribution in [2.75, 3.05) is 13.1 Å². The monoisotopic (exact) mass is 379 g/mol. The molecule has 1 aromatic carbocycles. The van der Waals surface area contributed by atoms with Crippen molar-refractivity contribution in [1.82, 2.24) is 4.90 Å². The predicted molar refractivity (Wildman–Crippen MR) is 91.2 cm³/mol. The molecule has 1 aromatic rings. The van der Waals surface area contributed by atoms with Crippen molar-refractivity contribution < 1.29 is 14.7 Å². The first-order valence-corrected chi connectivity index (χ1v) is 8.96. The molecule has 124 valence electrons. The molecule has 0 radical (unpaired) electrons. The van der Waals surface area contributed by atoms with E-state index in [0.29, 0.717) is 19.5 Å². The maximum atomic E-state index is 12.4. The number of rotatable bonds is 4. The Morgan fingerprint density at radius 2 is 2.04 bits per heavy atom. The SMILES string of the molecule is Cc1cc(CCC(=O)N2CCC3(CC2)CC3C(=O)O)ccc1Br. The van der Waals surface area contributed by atoms with Crippen molar-refractivity contribution in [3.63, 3.8) is 0 Å². The van der Waals surface area contributed by atoms with E-state index in [1.54, 1.807) is 0 Å². The maximum Gasteiger partial charge on any atom is 0.307 e. The van der Waals surface area contributed by atoms with Crippen molar-refractivity contribution in [1.29, 1.82) is 0 Å². The van der Waals surface area contributed by atoms with Gasteiger partial charge >= 0.3 is 5.97 Å². The van der Waals surface area contributed by atoms with Crippen LogP contribution in [0.5, 0.6) is 0 Å². The number of benzene rings is 1. The smallest absolute Gasteiger partial charge is 0.307 e. The topological polar surface area (TPSA) is 57.6 Å². The van der Waals surface area contributed by atoms with Crippen molar-refractivity contribution >= 4 is 27.8 Å². The molecular weight excluding hydrogens is 358 g/mol. The molecule has 2 fully saturated rings. The number of carbonyl (C=O) groups excluding carboxylic acids is 1. The van der Waals surface area contributed by atoms with E-state index in [2.05, 4.69) is 28.1 Å². The molecule has 1 atom stereocenters. The summed E-state index contributed by atoms with van der Waals surface area (Å²) in [5.41, 5.74) is 2.36. The first-order chi connectivity index (χ1) is 10.9. The van der Waals surface area contributed by atoms with Crippen LogP contribution in [0.4, 0.5) is 0 Å². The van der Waals surface area contributed by atoms with E-state index >= 15 is 0 Å². The standard InChI is InChI=1S/C18H22BrNO3/c1-12-10-13(2-4-15(12)19)3-5-16(21)20-8-6-18(7-9-20)11-14(18)17(22)23/h2,4,10,14H,3,5-9,11H2,1H3,(H,22,23). The number of aliphatic carboxylic acids is 1. The van der Waals surface area contributed by atoms with Crippen LogP contribution < -0.4 is 0 Å². The van der Waals surface area contributed by atoms with Crippen LogP contribution in [0.15, 0.2) is 22.7 Å². The van der Waals surface area contributed by atoms with Crippen LogP contribution in [-0.4, -0.2) is 35.0 Å². The van der Waals surface area contributed by atoms with Gasteiger partial charge in [-0.2, -0.15) is 0 Å². The average molecular weight is 380 g/mol. The Morgan fingerprint density at radius 3 is 2.61 bits per heavy atom. The molecule has 1 spiro atoms. The van der Waals surface area contributed by atoms with Crippen LogP contribution in [0.3, 0.4) is 0 Å². The average Bonchev–Trinajstić information content (AvgIpc) is 3.23. The van der Waals surface area contributed by atoms with Crippen LogP contribution in [0.25, 0.3) is 0 Å². The predicted octanol–water partition coefficient (Wildman–Crippen LogP) is 3.40. The molecule has 1 aliphatic carbocycles. The van der Waals surface area contributed by atoms with Crippen LogP contribution in [0.1, 0.15) is 36.8 Å². The number of hydrogen-bond donors (Lipinski definition) is 1.